The molecule has 1 saturated carbocycles. The van der Waals surface area contributed by atoms with Gasteiger partial charge in [0, 0.05) is 12.5 Å². The van der Waals surface area contributed by atoms with Crippen LogP contribution in [0.5, 0.6) is 11.8 Å². The number of aromatic amines is 1. The van der Waals surface area contributed by atoms with E-state index in [1.807, 2.05) is 6.92 Å². The van der Waals surface area contributed by atoms with Gasteiger partial charge < -0.3 is 14.8 Å². The number of ether oxygens (including phenoxy) is 1. The van der Waals surface area contributed by atoms with Crippen molar-refractivity contribution in [3.05, 3.63) is 45.8 Å². The maximum absolute atomic E-state index is 14.5. The van der Waals surface area contributed by atoms with E-state index >= 15 is 0 Å². The van der Waals surface area contributed by atoms with Crippen molar-refractivity contribution in [1.82, 2.24) is 19.5 Å². The van der Waals surface area contributed by atoms with E-state index in [0.29, 0.717) is 30.0 Å². The number of rotatable bonds is 7. The van der Waals surface area contributed by atoms with Crippen molar-refractivity contribution in [2.45, 2.75) is 57.9 Å². The number of imidazole rings is 1. The summed E-state index contributed by atoms with van der Waals surface area (Å²) in [6.45, 7) is 2.27. The minimum atomic E-state index is -1.05. The van der Waals surface area contributed by atoms with Gasteiger partial charge in [-0.05, 0) is 37.0 Å². The van der Waals surface area contributed by atoms with Gasteiger partial charge in [-0.15, -0.1) is 0 Å². The zero-order valence-corrected chi connectivity index (χ0v) is 16.7. The van der Waals surface area contributed by atoms with Gasteiger partial charge >= 0.3 is 12.0 Å². The molecule has 0 bridgehead atoms. The van der Waals surface area contributed by atoms with Gasteiger partial charge in [0.15, 0.2) is 22.7 Å². The van der Waals surface area contributed by atoms with Crippen LogP contribution >= 0.6 is 0 Å². The first-order chi connectivity index (χ1) is 14.5. The summed E-state index contributed by atoms with van der Waals surface area (Å²) in [5.41, 5.74) is 0.592. The van der Waals surface area contributed by atoms with Crippen LogP contribution < -0.4 is 10.3 Å². The SMILES string of the molecule is CCCn1c(Oc2ccc(CC(=O)O)cc2F)nc2nc(C3CCCC3)[nH]c2c1=O. The number of H-pyrrole nitrogens is 1. The summed E-state index contributed by atoms with van der Waals surface area (Å²) in [5, 5.41) is 8.86. The summed E-state index contributed by atoms with van der Waals surface area (Å²) in [6.07, 6.45) is 4.70. The summed E-state index contributed by atoms with van der Waals surface area (Å²) in [7, 11) is 0. The molecule has 0 radical (unpaired) electrons. The van der Waals surface area contributed by atoms with Crippen LogP contribution in [-0.2, 0) is 17.8 Å². The first-order valence-corrected chi connectivity index (χ1v) is 10.1. The summed E-state index contributed by atoms with van der Waals surface area (Å²) in [5.74, 6) is -0.853. The van der Waals surface area contributed by atoms with E-state index in [1.165, 1.54) is 16.7 Å². The molecule has 1 aliphatic rings. The Balaban J connectivity index is 1.73. The van der Waals surface area contributed by atoms with E-state index in [4.69, 9.17) is 9.84 Å². The van der Waals surface area contributed by atoms with Crippen molar-refractivity contribution in [3.63, 3.8) is 0 Å². The van der Waals surface area contributed by atoms with E-state index < -0.39 is 11.8 Å². The molecule has 3 aromatic rings. The Kier molecular flexibility index (Phi) is 5.52. The van der Waals surface area contributed by atoms with Gasteiger partial charge in [0.25, 0.3) is 5.56 Å². The summed E-state index contributed by atoms with van der Waals surface area (Å²) >= 11 is 0. The number of hydrogen-bond acceptors (Lipinski definition) is 5. The van der Waals surface area contributed by atoms with Gasteiger partial charge in [-0.3, -0.25) is 14.2 Å². The number of halogens is 1. The Morgan fingerprint density at radius 2 is 2.10 bits per heavy atom. The number of aliphatic carboxylic acids is 1. The van der Waals surface area contributed by atoms with Crippen molar-refractivity contribution in [3.8, 4) is 11.8 Å². The van der Waals surface area contributed by atoms with Crippen LogP contribution in [0.3, 0.4) is 0 Å². The maximum atomic E-state index is 14.5. The third-order valence-electron chi connectivity index (χ3n) is 5.34. The molecule has 0 saturated heterocycles. The number of hydrogen-bond donors (Lipinski definition) is 2. The van der Waals surface area contributed by atoms with Crippen molar-refractivity contribution in [2.24, 2.45) is 0 Å². The third kappa shape index (κ3) is 3.92. The first kappa shape index (κ1) is 20.1. The summed E-state index contributed by atoms with van der Waals surface area (Å²) in [4.78, 5) is 35.9. The van der Waals surface area contributed by atoms with E-state index in [1.54, 1.807) is 0 Å². The summed E-state index contributed by atoms with van der Waals surface area (Å²) < 4.78 is 21.5. The lowest BCUT2D eigenvalue weighted by molar-refractivity contribution is -0.136. The fourth-order valence-corrected chi connectivity index (χ4v) is 3.89. The highest BCUT2D eigenvalue weighted by molar-refractivity contribution is 5.70. The Hall–Kier alpha value is -3.23. The van der Waals surface area contributed by atoms with Gasteiger partial charge in [-0.25, -0.2) is 9.37 Å². The second kappa shape index (κ2) is 8.25. The van der Waals surface area contributed by atoms with Crippen molar-refractivity contribution in [2.75, 3.05) is 0 Å². The highest BCUT2D eigenvalue weighted by Crippen LogP contribution is 2.33. The predicted octanol–water partition coefficient (Wildman–Crippen LogP) is 3.75. The molecule has 0 aliphatic heterocycles. The van der Waals surface area contributed by atoms with Crippen LogP contribution in [0.2, 0.25) is 0 Å². The third-order valence-corrected chi connectivity index (χ3v) is 5.34. The minimum absolute atomic E-state index is 0.0382. The lowest BCUT2D eigenvalue weighted by Gasteiger charge is -2.12. The molecule has 30 heavy (non-hydrogen) atoms. The fourth-order valence-electron chi connectivity index (χ4n) is 3.89. The Bertz CT molecular complexity index is 1150. The van der Waals surface area contributed by atoms with Crippen LogP contribution in [0.25, 0.3) is 11.2 Å². The van der Waals surface area contributed by atoms with Crippen molar-refractivity contribution in [1.29, 1.82) is 0 Å². The molecule has 1 aromatic carbocycles. The smallest absolute Gasteiger partial charge is 0.307 e. The lowest BCUT2D eigenvalue weighted by Crippen LogP contribution is -2.23. The van der Waals surface area contributed by atoms with E-state index in [9.17, 15) is 14.0 Å². The largest absolute Gasteiger partial charge is 0.481 e. The number of carbonyl (C=O) groups is 1. The normalized spacial score (nSPS) is 14.5. The Labute approximate surface area is 171 Å². The van der Waals surface area contributed by atoms with Crippen molar-refractivity contribution < 1.29 is 19.0 Å². The zero-order valence-electron chi connectivity index (χ0n) is 16.7. The molecule has 1 fully saturated rings. The molecule has 0 spiro atoms. The standard InChI is InChI=1S/C21H23FN4O4/c1-2-9-26-20(29)17-19(24-18(23-17)13-5-3-4-6-13)25-21(26)30-15-8-7-12(10-14(15)22)11-16(27)28/h7-8,10,13H,2-6,9,11H2,1H3,(H,23,24)(H,27,28). The molecule has 4 rings (SSSR count). The lowest BCUT2D eigenvalue weighted by atomic mass is 10.1. The number of nitrogens with one attached hydrogen (secondary N) is 1. The van der Waals surface area contributed by atoms with Gasteiger partial charge in [-0.1, -0.05) is 25.8 Å². The molecule has 1 aliphatic carbocycles. The number of benzene rings is 1. The number of carboxylic acid groups (broad SMARTS) is 1. The maximum Gasteiger partial charge on any atom is 0.307 e. The molecular formula is C21H23FN4O4. The number of carboxylic acids is 1. The Morgan fingerprint density at radius 3 is 2.77 bits per heavy atom. The zero-order chi connectivity index (χ0) is 21.3. The van der Waals surface area contributed by atoms with E-state index in [-0.39, 0.29) is 29.4 Å². The van der Waals surface area contributed by atoms with Gasteiger partial charge in [0.2, 0.25) is 0 Å². The molecule has 0 unspecified atom stereocenters. The van der Waals surface area contributed by atoms with Crippen LogP contribution in [0.4, 0.5) is 4.39 Å². The van der Waals surface area contributed by atoms with Crippen LogP contribution in [0, 0.1) is 5.82 Å². The molecule has 0 atom stereocenters. The molecular weight excluding hydrogens is 391 g/mol. The second-order valence-corrected chi connectivity index (χ2v) is 7.59. The minimum Gasteiger partial charge on any atom is -0.481 e. The number of nitrogens with zero attached hydrogens (tertiary/aromatic N) is 3. The summed E-state index contributed by atoms with van der Waals surface area (Å²) in [6, 6.07) is 3.88. The second-order valence-electron chi connectivity index (χ2n) is 7.59. The molecule has 0 amide bonds. The molecule has 9 heteroatoms. The highest BCUT2D eigenvalue weighted by atomic mass is 19.1. The quantitative estimate of drug-likeness (QED) is 0.609. The van der Waals surface area contributed by atoms with Gasteiger partial charge in [-0.2, -0.15) is 4.98 Å². The topological polar surface area (TPSA) is 110 Å². The predicted molar refractivity (Wildman–Crippen MR) is 107 cm³/mol. The van der Waals surface area contributed by atoms with Gasteiger partial charge in [0.05, 0.1) is 6.42 Å². The Morgan fingerprint density at radius 1 is 1.33 bits per heavy atom. The molecule has 158 valence electrons. The monoisotopic (exact) mass is 414 g/mol. The van der Waals surface area contributed by atoms with Crippen LogP contribution in [0.15, 0.2) is 23.0 Å². The fraction of sp³-hybridized carbons (Fsp3) is 0.429. The van der Waals surface area contributed by atoms with Crippen LogP contribution in [0.1, 0.15) is 56.3 Å². The molecule has 2 N–H and O–H groups in total. The first-order valence-electron chi connectivity index (χ1n) is 10.1. The van der Waals surface area contributed by atoms with E-state index in [0.717, 1.165) is 37.6 Å². The molecule has 8 nitrogen and oxygen atoms in total. The van der Waals surface area contributed by atoms with E-state index in [2.05, 4.69) is 15.0 Å². The number of aromatic nitrogens is 4. The molecule has 2 aromatic heterocycles. The highest BCUT2D eigenvalue weighted by Gasteiger charge is 2.23. The van der Waals surface area contributed by atoms with Crippen LogP contribution in [-0.4, -0.2) is 30.6 Å². The van der Waals surface area contributed by atoms with Crippen molar-refractivity contribution >= 4 is 17.1 Å². The van der Waals surface area contributed by atoms with Gasteiger partial charge in [0.1, 0.15) is 5.82 Å². The number of fused-ring (bicyclic) bond motifs is 1. The molecule has 2 heterocycles. The average Bonchev–Trinajstić information content (AvgIpc) is 3.36. The average molecular weight is 414 g/mol.